The molecule has 0 saturated heterocycles. The molecule has 4 nitrogen and oxygen atoms in total. The average Bonchev–Trinajstić information content (AvgIpc) is 3.70. The predicted octanol–water partition coefficient (Wildman–Crippen LogP) is 9.04. The molecule has 0 bridgehead atoms. The van der Waals surface area contributed by atoms with Gasteiger partial charge in [-0.25, -0.2) is 0 Å². The highest BCUT2D eigenvalue weighted by Gasteiger charge is 2.33. The number of hydrogen-bond donors (Lipinski definition) is 0. The molecular weight excluding hydrogens is 521 g/mol. The van der Waals surface area contributed by atoms with Crippen molar-refractivity contribution in [3.05, 3.63) is 68.4 Å². The number of fused-ring (bicyclic) bond motifs is 3. The summed E-state index contributed by atoms with van der Waals surface area (Å²) in [6, 6.07) is 20.4. The standard InChI is InChI=1S/C28H16N4S4/c1-2-3-20-21-10-25(23-6-4-18(33-23)8-16(12-29)13-30)35-27(21)28-22(20)11-26(36-28)24-7-5-19(34-24)9-17(14-31)15-32/h4-11,20H,2-3H2,1H3. The summed E-state index contributed by atoms with van der Waals surface area (Å²) in [4.78, 5) is 9.19. The first-order chi connectivity index (χ1) is 17.6. The maximum Gasteiger partial charge on any atom is 0.131 e. The van der Waals surface area contributed by atoms with Crippen LogP contribution in [0.5, 0.6) is 0 Å². The fourth-order valence-electron chi connectivity index (χ4n) is 4.28. The zero-order valence-electron chi connectivity index (χ0n) is 19.0. The lowest BCUT2D eigenvalue weighted by Crippen LogP contribution is -1.93. The number of hydrogen-bond acceptors (Lipinski definition) is 8. The normalized spacial score (nSPS) is 11.5. The third kappa shape index (κ3) is 4.33. The highest BCUT2D eigenvalue weighted by molar-refractivity contribution is 7.29. The largest absolute Gasteiger partial charge is 0.192 e. The summed E-state index contributed by atoms with van der Waals surface area (Å²) in [7, 11) is 0. The Labute approximate surface area is 225 Å². The molecule has 172 valence electrons. The Morgan fingerprint density at radius 3 is 1.53 bits per heavy atom. The van der Waals surface area contributed by atoms with Gasteiger partial charge < -0.3 is 0 Å². The smallest absolute Gasteiger partial charge is 0.131 e. The van der Waals surface area contributed by atoms with E-state index >= 15 is 0 Å². The van der Waals surface area contributed by atoms with Crippen molar-refractivity contribution < 1.29 is 0 Å². The van der Waals surface area contributed by atoms with Crippen LogP contribution >= 0.6 is 45.3 Å². The van der Waals surface area contributed by atoms with Gasteiger partial charge in [0.25, 0.3) is 0 Å². The minimum absolute atomic E-state index is 0.111. The van der Waals surface area contributed by atoms with E-state index in [-0.39, 0.29) is 11.1 Å². The van der Waals surface area contributed by atoms with Gasteiger partial charge in [-0.3, -0.25) is 0 Å². The topological polar surface area (TPSA) is 95.2 Å². The zero-order chi connectivity index (χ0) is 25.2. The van der Waals surface area contributed by atoms with Gasteiger partial charge in [0.2, 0.25) is 0 Å². The molecule has 4 aromatic heterocycles. The van der Waals surface area contributed by atoms with Crippen LogP contribution in [0.2, 0.25) is 0 Å². The molecule has 8 heteroatoms. The van der Waals surface area contributed by atoms with Gasteiger partial charge in [-0.2, -0.15) is 21.0 Å². The molecule has 0 N–H and O–H groups in total. The lowest BCUT2D eigenvalue weighted by atomic mass is 9.94. The van der Waals surface area contributed by atoms with Crippen LogP contribution in [0, 0.1) is 45.3 Å². The van der Waals surface area contributed by atoms with Gasteiger partial charge in [0.1, 0.15) is 35.4 Å². The Morgan fingerprint density at radius 2 is 1.14 bits per heavy atom. The van der Waals surface area contributed by atoms with Crippen LogP contribution in [0.1, 0.15) is 46.6 Å². The van der Waals surface area contributed by atoms with Crippen LogP contribution in [0.3, 0.4) is 0 Å². The van der Waals surface area contributed by atoms with E-state index in [4.69, 9.17) is 21.0 Å². The zero-order valence-corrected chi connectivity index (χ0v) is 22.3. The van der Waals surface area contributed by atoms with Crippen molar-refractivity contribution in [2.75, 3.05) is 0 Å². The van der Waals surface area contributed by atoms with Gasteiger partial charge in [-0.05, 0) is 66.1 Å². The molecule has 0 saturated carbocycles. The summed E-state index contributed by atoms with van der Waals surface area (Å²) in [5, 5.41) is 36.2. The molecular formula is C28H16N4S4. The molecule has 0 unspecified atom stereocenters. The molecule has 36 heavy (non-hydrogen) atoms. The highest BCUT2D eigenvalue weighted by Crippen LogP contribution is 2.57. The van der Waals surface area contributed by atoms with Crippen molar-refractivity contribution in [2.45, 2.75) is 25.7 Å². The SMILES string of the molecule is CCCC1c2cc(-c3ccc(C=C(C#N)C#N)s3)sc2-c2sc(-c3ccc(C=C(C#N)C#N)s3)cc21. The van der Waals surface area contributed by atoms with Gasteiger partial charge >= 0.3 is 0 Å². The van der Waals surface area contributed by atoms with E-state index in [1.807, 2.05) is 59.1 Å². The molecule has 4 aromatic rings. The van der Waals surface area contributed by atoms with Crippen LogP contribution in [0.4, 0.5) is 0 Å². The second-order valence-corrected chi connectivity index (χ2v) is 12.4. The third-order valence-corrected chi connectivity index (χ3v) is 10.8. The number of nitrogens with zero attached hydrogens (tertiary/aromatic N) is 4. The van der Waals surface area contributed by atoms with E-state index in [0.29, 0.717) is 5.92 Å². The van der Waals surface area contributed by atoms with Crippen LogP contribution in [0.15, 0.2) is 47.5 Å². The summed E-state index contributed by atoms with van der Waals surface area (Å²) in [5.41, 5.74) is 3.01. The van der Waals surface area contributed by atoms with Gasteiger partial charge in [0, 0.05) is 44.9 Å². The first kappa shape index (κ1) is 24.0. The summed E-state index contributed by atoms with van der Waals surface area (Å²) in [5.74, 6) is 0.376. The van der Waals surface area contributed by atoms with E-state index in [9.17, 15) is 0 Å². The lowest BCUT2D eigenvalue weighted by molar-refractivity contribution is 0.713. The van der Waals surface area contributed by atoms with E-state index in [1.54, 1.807) is 34.8 Å². The average molecular weight is 537 g/mol. The van der Waals surface area contributed by atoms with Crippen molar-refractivity contribution >= 4 is 57.5 Å². The fourth-order valence-corrected chi connectivity index (χ4v) is 8.96. The number of nitriles is 4. The maximum absolute atomic E-state index is 9.05. The number of allylic oxidation sites excluding steroid dienone is 2. The molecule has 0 aromatic carbocycles. The summed E-state index contributed by atoms with van der Waals surface area (Å²) in [6.45, 7) is 2.22. The van der Waals surface area contributed by atoms with E-state index in [2.05, 4.69) is 31.2 Å². The Kier molecular flexibility index (Phi) is 6.71. The minimum Gasteiger partial charge on any atom is -0.192 e. The first-order valence-corrected chi connectivity index (χ1v) is 14.4. The van der Waals surface area contributed by atoms with E-state index < -0.39 is 0 Å². The second-order valence-electron chi connectivity index (χ2n) is 8.10. The number of thiophene rings is 4. The van der Waals surface area contributed by atoms with Crippen LogP contribution in [0.25, 0.3) is 41.4 Å². The molecule has 0 fully saturated rings. The first-order valence-electron chi connectivity index (χ1n) is 11.1. The quantitative estimate of drug-likeness (QED) is 0.230. The Morgan fingerprint density at radius 1 is 0.694 bits per heavy atom. The van der Waals surface area contributed by atoms with Crippen molar-refractivity contribution in [1.29, 1.82) is 21.0 Å². The minimum atomic E-state index is 0.111. The molecule has 4 heterocycles. The second kappa shape index (κ2) is 10.1. The molecule has 1 aliphatic rings. The van der Waals surface area contributed by atoms with Crippen LogP contribution in [-0.2, 0) is 0 Å². The van der Waals surface area contributed by atoms with Crippen molar-refractivity contribution in [3.63, 3.8) is 0 Å². The molecule has 0 amide bonds. The molecule has 0 atom stereocenters. The predicted molar refractivity (Wildman–Crippen MR) is 149 cm³/mol. The lowest BCUT2D eigenvalue weighted by Gasteiger charge is -2.09. The molecule has 0 aliphatic heterocycles. The molecule has 1 aliphatic carbocycles. The third-order valence-electron chi connectivity index (χ3n) is 5.85. The van der Waals surface area contributed by atoms with Gasteiger partial charge in [0.15, 0.2) is 0 Å². The van der Waals surface area contributed by atoms with Gasteiger partial charge in [-0.1, -0.05) is 13.3 Å². The van der Waals surface area contributed by atoms with Crippen molar-refractivity contribution in [1.82, 2.24) is 0 Å². The van der Waals surface area contributed by atoms with E-state index in [1.165, 1.54) is 30.6 Å². The molecule has 0 spiro atoms. The Balaban J connectivity index is 1.51. The highest BCUT2D eigenvalue weighted by atomic mass is 32.1. The summed E-state index contributed by atoms with van der Waals surface area (Å²) < 4.78 is 0. The van der Waals surface area contributed by atoms with Crippen LogP contribution < -0.4 is 0 Å². The van der Waals surface area contributed by atoms with Gasteiger partial charge in [0.05, 0.1) is 0 Å². The monoisotopic (exact) mass is 536 g/mol. The van der Waals surface area contributed by atoms with Gasteiger partial charge in [-0.15, -0.1) is 45.3 Å². The number of rotatable bonds is 6. The Hall–Kier alpha value is -3.76. The van der Waals surface area contributed by atoms with Crippen molar-refractivity contribution in [3.8, 4) is 53.5 Å². The molecule has 0 radical (unpaired) electrons. The van der Waals surface area contributed by atoms with Crippen molar-refractivity contribution in [2.24, 2.45) is 0 Å². The maximum atomic E-state index is 9.05. The Bertz CT molecular complexity index is 1550. The summed E-state index contributed by atoms with van der Waals surface area (Å²) in [6.07, 6.45) is 5.46. The fraction of sp³-hybridized carbons (Fsp3) is 0.143. The van der Waals surface area contributed by atoms with E-state index in [0.717, 1.165) is 32.4 Å². The van der Waals surface area contributed by atoms with Crippen LogP contribution in [-0.4, -0.2) is 0 Å². The molecule has 5 rings (SSSR count). The summed E-state index contributed by atoms with van der Waals surface area (Å²) >= 11 is 6.82.